The molecule has 0 heterocycles. The van der Waals surface area contributed by atoms with E-state index in [4.69, 9.17) is 9.60 Å². The van der Waals surface area contributed by atoms with Crippen molar-refractivity contribution in [2.24, 2.45) is 0 Å². The monoisotopic (exact) mass is 943 g/mol. The summed E-state index contributed by atoms with van der Waals surface area (Å²) in [6.07, 6.45) is 0. The number of para-hydroxylation sites is 1. The van der Waals surface area contributed by atoms with Gasteiger partial charge in [-0.15, -0.1) is 0 Å². The van der Waals surface area contributed by atoms with Crippen molar-refractivity contribution in [2.45, 2.75) is 10.8 Å². The fourth-order valence-electron chi connectivity index (χ4n) is 12.8. The molecular weight excluding hydrogens is 879 g/mol. The second-order valence-electron chi connectivity index (χ2n) is 18.7. The van der Waals surface area contributed by atoms with Gasteiger partial charge in [0.25, 0.3) is 0 Å². The van der Waals surface area contributed by atoms with E-state index in [-0.39, 0.29) is 5.69 Å². The molecule has 12 aromatic rings. The maximum atomic E-state index is 10.1. The van der Waals surface area contributed by atoms with E-state index in [0.29, 0.717) is 5.56 Å². The minimum absolute atomic E-state index is 0.0114. The molecule has 1 nitrogen and oxygen atoms in total. The molecule has 338 valence electrons. The van der Waals surface area contributed by atoms with Gasteiger partial charge in [0.05, 0.1) is 43.9 Å². The van der Waals surface area contributed by atoms with E-state index in [9.17, 15) is 17.8 Å². The Morgan fingerprint density at radius 1 is 0.288 bits per heavy atom. The lowest BCUT2D eigenvalue weighted by Gasteiger charge is -2.32. The molecule has 73 heavy (non-hydrogen) atoms. The van der Waals surface area contributed by atoms with Gasteiger partial charge in [0, 0.05) is 16.9 Å². The van der Waals surface area contributed by atoms with Gasteiger partial charge in [0.2, 0.25) is 0 Å². The van der Waals surface area contributed by atoms with Gasteiger partial charge in [-0.05, 0) is 153 Å². The number of rotatable bonds is 5. The van der Waals surface area contributed by atoms with Gasteiger partial charge >= 0.3 is 0 Å². The second-order valence-corrected chi connectivity index (χ2v) is 18.7. The van der Waals surface area contributed by atoms with E-state index >= 15 is 0 Å². The Morgan fingerprint density at radius 2 is 0.781 bits per heavy atom. The van der Waals surface area contributed by atoms with Crippen LogP contribution in [0.15, 0.2) is 273 Å². The lowest BCUT2D eigenvalue weighted by molar-refractivity contribution is 0.794. The molecule has 0 amide bonds. The average Bonchev–Trinajstić information content (AvgIpc) is 1.48. The largest absolute Gasteiger partial charge is 0.310 e. The molecule has 0 saturated carbocycles. The molecule has 4 aliphatic rings. The molecule has 0 N–H and O–H groups in total. The van der Waals surface area contributed by atoms with Crippen molar-refractivity contribution in [3.05, 3.63) is 317 Å². The van der Waals surface area contributed by atoms with Crippen LogP contribution in [-0.4, -0.2) is 0 Å². The lowest BCUT2D eigenvalue weighted by atomic mass is 9.70. The van der Waals surface area contributed by atoms with Gasteiger partial charge in [-0.2, -0.15) is 0 Å². The normalized spacial score (nSPS) is 17.8. The van der Waals surface area contributed by atoms with Crippen molar-refractivity contribution >= 4 is 27.8 Å². The molecule has 0 unspecified atom stereocenters. The van der Waals surface area contributed by atoms with Crippen LogP contribution in [0.3, 0.4) is 0 Å². The van der Waals surface area contributed by atoms with Gasteiger partial charge in [-0.3, -0.25) is 0 Å². The Hall–Kier alpha value is -9.30. The molecule has 0 radical (unpaired) electrons. The van der Waals surface area contributed by atoms with E-state index in [1.54, 1.807) is 24.3 Å². The van der Waals surface area contributed by atoms with Gasteiger partial charge < -0.3 is 4.90 Å². The van der Waals surface area contributed by atoms with Crippen LogP contribution < -0.4 is 4.90 Å². The van der Waals surface area contributed by atoms with Crippen LogP contribution in [0, 0.1) is 0 Å². The summed E-state index contributed by atoms with van der Waals surface area (Å²) in [6.45, 7) is 0. The lowest BCUT2D eigenvalue weighted by Crippen LogP contribution is -2.26. The van der Waals surface area contributed by atoms with Crippen LogP contribution in [0.2, 0.25) is 0 Å². The quantitative estimate of drug-likeness (QED) is 0.166. The molecule has 0 atom stereocenters. The Bertz CT molecular complexity index is 5320. The minimum Gasteiger partial charge on any atom is -0.310 e. The number of hydrogen-bond acceptors (Lipinski definition) is 1. The molecule has 12 aromatic carbocycles. The van der Waals surface area contributed by atoms with Crippen molar-refractivity contribution in [3.63, 3.8) is 0 Å². The number of nitrogens with zero attached hydrogens (tertiary/aromatic N) is 1. The molecule has 2 spiro atoms. The Kier molecular flexibility index (Phi) is 5.32. The van der Waals surface area contributed by atoms with E-state index in [0.717, 1.165) is 60.2 Å². The summed E-state index contributed by atoms with van der Waals surface area (Å²) < 4.78 is 188. The minimum atomic E-state index is -2.71. The highest BCUT2D eigenvalue weighted by atomic mass is 15.1. The first-order valence-corrected chi connectivity index (χ1v) is 24.0. The third kappa shape index (κ3) is 5.25. The SMILES string of the molecule is [2H]c1c([2H])c([2H])c(N(c2ccc(-c3ccc4ccccc4c3-c3ccc4c(c3)C3(c5ccccc5-c5ccccc53)c3ccccc3-4)cc2)c2c([2H])c([2H])c([2H])c3c2-c2c([2H])c([2H])c([2H])c([2H])c2C32c3c([2H])c([2H])c([2H])c([2H])c3-c3c([2H])c([2H])c([2H])c([2H])c32)c([2H])c1[2H]. The third-order valence-corrected chi connectivity index (χ3v) is 15.5. The topological polar surface area (TPSA) is 3.24 Å². The maximum Gasteiger partial charge on any atom is 0.0726 e. The van der Waals surface area contributed by atoms with E-state index < -0.39 is 188 Å². The van der Waals surface area contributed by atoms with Crippen molar-refractivity contribution in [2.75, 3.05) is 4.90 Å². The standard InChI is InChI=1S/C72H45N/c1-2-20-49(21-3-1)73(68-36-18-35-66-70(68)59-28-11-17-34-65(59)71(66)60-29-12-6-23-53(60)54-24-7-13-30-61(54)71)50-41-37-47(38-42-50)52-43-39-46-19-4-5-22-51(46)69(52)48-40-44-58-57-27-10-16-33-64(57)72(67(58)45-48)62-31-14-8-25-55(62)56-26-9-15-32-63(56)72/h1-45H/i1D,2D,3D,6D,7D,11D,12D,13D,17D,18D,20D,21D,23D,24D,28D,29D,30D,34D,35D,36D. The number of fused-ring (bicyclic) bond motifs is 21. The predicted molar refractivity (Wildman–Crippen MR) is 302 cm³/mol. The van der Waals surface area contributed by atoms with Crippen molar-refractivity contribution in [1.82, 2.24) is 0 Å². The molecule has 0 saturated heterocycles. The molecule has 4 aliphatic carbocycles. The third-order valence-electron chi connectivity index (χ3n) is 15.5. The first kappa shape index (κ1) is 25.7. The van der Waals surface area contributed by atoms with E-state index in [1.807, 2.05) is 30.3 Å². The Labute approximate surface area is 453 Å². The van der Waals surface area contributed by atoms with Gasteiger partial charge in [-0.25, -0.2) is 0 Å². The van der Waals surface area contributed by atoms with Crippen molar-refractivity contribution in [1.29, 1.82) is 0 Å². The summed E-state index contributed by atoms with van der Waals surface area (Å²) >= 11 is 0. The summed E-state index contributed by atoms with van der Waals surface area (Å²) in [6, 6.07) is 34.3. The fourth-order valence-corrected chi connectivity index (χ4v) is 12.8. The molecular formula is C72H45N. The molecule has 0 bridgehead atoms. The highest BCUT2D eigenvalue weighted by Gasteiger charge is 2.53. The van der Waals surface area contributed by atoms with Gasteiger partial charge in [0.1, 0.15) is 0 Å². The summed E-state index contributed by atoms with van der Waals surface area (Å²) in [5, 5.41) is 1.87. The van der Waals surface area contributed by atoms with Crippen LogP contribution in [0.1, 0.15) is 71.9 Å². The highest BCUT2D eigenvalue weighted by molar-refractivity contribution is 6.06. The molecule has 0 fully saturated rings. The summed E-state index contributed by atoms with van der Waals surface area (Å²) in [7, 11) is 0. The number of hydrogen-bond donors (Lipinski definition) is 0. The van der Waals surface area contributed by atoms with Crippen LogP contribution in [-0.2, 0) is 10.8 Å². The van der Waals surface area contributed by atoms with Crippen molar-refractivity contribution in [3.8, 4) is 66.8 Å². The molecule has 16 rings (SSSR count). The summed E-state index contributed by atoms with van der Waals surface area (Å²) in [5.74, 6) is 0. The smallest absolute Gasteiger partial charge is 0.0726 e. The first-order chi connectivity index (χ1) is 44.5. The zero-order valence-corrected chi connectivity index (χ0v) is 38.4. The van der Waals surface area contributed by atoms with Gasteiger partial charge in [-0.1, -0.05) is 236 Å². The van der Waals surface area contributed by atoms with Crippen LogP contribution in [0.4, 0.5) is 17.1 Å². The zero-order chi connectivity index (χ0) is 65.2. The second kappa shape index (κ2) is 15.1. The highest BCUT2D eigenvalue weighted by Crippen LogP contribution is 2.66. The predicted octanol–water partition coefficient (Wildman–Crippen LogP) is 18.3. The Morgan fingerprint density at radius 3 is 1.44 bits per heavy atom. The van der Waals surface area contributed by atoms with Crippen LogP contribution >= 0.6 is 0 Å². The van der Waals surface area contributed by atoms with E-state index in [1.165, 1.54) is 16.7 Å². The first-order valence-electron chi connectivity index (χ1n) is 34.0. The maximum absolute atomic E-state index is 10.1. The Balaban J connectivity index is 0.983. The number of anilines is 3. The van der Waals surface area contributed by atoms with Crippen LogP contribution in [0.25, 0.3) is 77.5 Å². The molecule has 1 heteroatoms. The molecule has 0 aromatic heterocycles. The molecule has 0 aliphatic heterocycles. The summed E-state index contributed by atoms with van der Waals surface area (Å²) in [5.41, 5.74) is 3.81. The summed E-state index contributed by atoms with van der Waals surface area (Å²) in [4.78, 5) is 1.11. The number of benzene rings is 12. The average molecular weight is 944 g/mol. The fraction of sp³-hybridized carbons (Fsp3) is 0.0278. The van der Waals surface area contributed by atoms with Crippen LogP contribution in [0.5, 0.6) is 0 Å². The van der Waals surface area contributed by atoms with Crippen molar-refractivity contribution < 1.29 is 27.4 Å². The van der Waals surface area contributed by atoms with Gasteiger partial charge in [0.15, 0.2) is 0 Å². The zero-order valence-electron chi connectivity index (χ0n) is 58.4. The van der Waals surface area contributed by atoms with E-state index in [2.05, 4.69) is 97.1 Å².